The maximum atomic E-state index is 13.2. The number of ether oxygens (including phenoxy) is 2. The van der Waals surface area contributed by atoms with Gasteiger partial charge < -0.3 is 24.8 Å². The van der Waals surface area contributed by atoms with Gasteiger partial charge in [-0.15, -0.1) is 0 Å². The zero-order valence-corrected chi connectivity index (χ0v) is 22.5. The van der Waals surface area contributed by atoms with Crippen LogP contribution in [0.25, 0.3) is 0 Å². The maximum absolute atomic E-state index is 13.2. The predicted octanol–water partition coefficient (Wildman–Crippen LogP) is 0.461. The number of Topliss-reactive ketones (excluding diaryl/α,β-unsaturated/α-hetero) is 1. The summed E-state index contributed by atoms with van der Waals surface area (Å²) in [5, 5.41) is 16.8. The van der Waals surface area contributed by atoms with E-state index in [0.717, 1.165) is 0 Å². The molecule has 0 fully saturated rings. The van der Waals surface area contributed by atoms with Gasteiger partial charge in [-0.3, -0.25) is 9.59 Å². The molecule has 0 aromatic heterocycles. The van der Waals surface area contributed by atoms with Crippen LogP contribution < -0.4 is 30.9 Å². The largest absolute Gasteiger partial charge is 0.497 e. The zero-order valence-electron chi connectivity index (χ0n) is 21.7. The number of carbonyl (C=O) groups excluding carboxylic acids is 3. The molecule has 0 aliphatic carbocycles. The number of amides is 1. The minimum Gasteiger partial charge on any atom is -0.497 e. The summed E-state index contributed by atoms with van der Waals surface area (Å²) < 4.78 is 34.8. The van der Waals surface area contributed by atoms with Gasteiger partial charge in [0.25, 0.3) is 0 Å². The molecule has 0 bridgehead atoms. The van der Waals surface area contributed by atoms with Crippen molar-refractivity contribution in [3.05, 3.63) is 54.1 Å². The second kappa shape index (κ2) is 15.8. The third-order valence-corrected chi connectivity index (χ3v) is 6.56. The molecule has 0 saturated carbocycles. The minimum atomic E-state index is -4.12. The van der Waals surface area contributed by atoms with Crippen LogP contribution in [0.2, 0.25) is 0 Å². The summed E-state index contributed by atoms with van der Waals surface area (Å²) in [4.78, 5) is 43.3. The van der Waals surface area contributed by atoms with E-state index in [4.69, 9.17) is 24.7 Å². The molecule has 2 rings (SSSR count). The number of hydrogen-bond acceptors (Lipinski definition) is 11. The predicted molar refractivity (Wildman–Crippen MR) is 139 cm³/mol. The van der Waals surface area contributed by atoms with Gasteiger partial charge in [0.15, 0.2) is 5.78 Å². The van der Waals surface area contributed by atoms with Crippen molar-refractivity contribution in [2.24, 2.45) is 11.1 Å². The average molecular weight is 567 g/mol. The minimum absolute atomic E-state index is 0.0469. The van der Waals surface area contributed by atoms with E-state index in [2.05, 4.69) is 10.8 Å². The molecule has 14 heteroatoms. The number of hydrogen-bond donors (Lipinski definition) is 5. The summed E-state index contributed by atoms with van der Waals surface area (Å²) in [6.07, 6.45) is 0.0651. The molecule has 0 radical (unpaired) electrons. The number of primary sulfonamides is 1. The first-order valence-corrected chi connectivity index (χ1v) is 13.7. The van der Waals surface area contributed by atoms with Crippen molar-refractivity contribution in [2.75, 3.05) is 26.8 Å². The summed E-state index contributed by atoms with van der Waals surface area (Å²) in [5.41, 5.74) is 4.31. The number of methoxy groups -OCH3 is 1. The molecule has 1 unspecified atom stereocenters. The van der Waals surface area contributed by atoms with Crippen molar-refractivity contribution in [3.8, 4) is 11.5 Å². The van der Waals surface area contributed by atoms with E-state index in [1.165, 1.54) is 18.2 Å². The Labute approximate surface area is 227 Å². The summed E-state index contributed by atoms with van der Waals surface area (Å²) in [7, 11) is -2.58. The van der Waals surface area contributed by atoms with Crippen LogP contribution in [-0.4, -0.2) is 64.1 Å². The van der Waals surface area contributed by atoms with Crippen molar-refractivity contribution in [2.45, 2.75) is 37.1 Å². The second-order valence-electron chi connectivity index (χ2n) is 8.36. The van der Waals surface area contributed by atoms with Crippen LogP contribution in [-0.2, 0) is 35.7 Å². The van der Waals surface area contributed by atoms with Crippen LogP contribution in [0.3, 0.4) is 0 Å². The lowest BCUT2D eigenvalue weighted by molar-refractivity contribution is -0.155. The zero-order chi connectivity index (χ0) is 28.8. The molecule has 214 valence electrons. The Morgan fingerprint density at radius 2 is 1.72 bits per heavy atom. The highest BCUT2D eigenvalue weighted by molar-refractivity contribution is 7.89. The van der Waals surface area contributed by atoms with Crippen molar-refractivity contribution >= 4 is 27.7 Å². The van der Waals surface area contributed by atoms with Crippen molar-refractivity contribution < 1.29 is 42.3 Å². The van der Waals surface area contributed by atoms with Crippen molar-refractivity contribution in [1.29, 1.82) is 0 Å². The molecule has 13 nitrogen and oxygen atoms in total. The lowest BCUT2D eigenvalue weighted by Gasteiger charge is -2.22. The van der Waals surface area contributed by atoms with Crippen molar-refractivity contribution in [1.82, 2.24) is 16.3 Å². The fourth-order valence-electron chi connectivity index (χ4n) is 3.64. The standard InChI is InChI=1S/C25H34N4O9S/c1-3-28-38-25(32)21(15-17-7-4-5-9-23(17)39(26,34)35)29-24(31)20(22(30)16-27-33)8-6-14-37-19-12-10-18(36-2)11-13-19/h4-5,7,9-13,20-21,27-28,33H,3,6,8,14-16H2,1-2H3,(H,29,31)(H2,26,34,35)/t20-,21?/m1/s1. The van der Waals surface area contributed by atoms with Gasteiger partial charge in [-0.1, -0.05) is 18.2 Å². The van der Waals surface area contributed by atoms with E-state index in [-0.39, 0.29) is 36.5 Å². The Morgan fingerprint density at radius 1 is 1.05 bits per heavy atom. The number of hydroxylamine groups is 2. The first kappa shape index (κ1) is 31.7. The highest BCUT2D eigenvalue weighted by atomic mass is 32.2. The van der Waals surface area contributed by atoms with Crippen LogP contribution in [0.1, 0.15) is 25.3 Å². The Hall–Kier alpha value is -3.56. The SMILES string of the molecule is CCNOC(=O)C(Cc1ccccc1S(N)(=O)=O)NC(=O)[C@H](CCCOc1ccc(OC)cc1)C(=O)CNO. The van der Waals surface area contributed by atoms with Crippen LogP contribution in [0.5, 0.6) is 11.5 Å². The van der Waals surface area contributed by atoms with Crippen LogP contribution in [0.4, 0.5) is 0 Å². The molecule has 0 saturated heterocycles. The van der Waals surface area contributed by atoms with E-state index in [1.54, 1.807) is 49.8 Å². The van der Waals surface area contributed by atoms with Gasteiger partial charge in [0, 0.05) is 13.0 Å². The Kier molecular flexibility index (Phi) is 12.8. The Morgan fingerprint density at radius 3 is 2.33 bits per heavy atom. The molecule has 2 aromatic carbocycles. The number of rotatable bonds is 17. The van der Waals surface area contributed by atoms with Gasteiger partial charge in [-0.05, 0) is 55.7 Å². The maximum Gasteiger partial charge on any atom is 0.347 e. The normalized spacial score (nSPS) is 12.7. The molecule has 2 aromatic rings. The Bertz CT molecular complexity index is 1210. The quantitative estimate of drug-likeness (QED) is 0.101. The Balaban J connectivity index is 2.16. The number of ketones is 1. The van der Waals surface area contributed by atoms with Gasteiger partial charge in [0.05, 0.1) is 31.1 Å². The first-order chi connectivity index (χ1) is 18.6. The van der Waals surface area contributed by atoms with E-state index < -0.39 is 46.2 Å². The molecular formula is C25H34N4O9S. The molecule has 39 heavy (non-hydrogen) atoms. The van der Waals surface area contributed by atoms with Gasteiger partial charge >= 0.3 is 5.97 Å². The van der Waals surface area contributed by atoms with Gasteiger partial charge in [0.2, 0.25) is 15.9 Å². The second-order valence-corrected chi connectivity index (χ2v) is 9.89. The van der Waals surface area contributed by atoms with Gasteiger partial charge in [-0.25, -0.2) is 18.4 Å². The molecular weight excluding hydrogens is 532 g/mol. The van der Waals surface area contributed by atoms with Crippen LogP contribution in [0, 0.1) is 5.92 Å². The summed E-state index contributed by atoms with van der Waals surface area (Å²) in [6.45, 7) is 1.64. The molecule has 0 heterocycles. The lowest BCUT2D eigenvalue weighted by Crippen LogP contribution is -2.49. The number of sulfonamides is 1. The van der Waals surface area contributed by atoms with E-state index in [1.807, 2.05) is 0 Å². The average Bonchev–Trinajstić information content (AvgIpc) is 2.91. The summed E-state index contributed by atoms with van der Waals surface area (Å²) >= 11 is 0. The monoisotopic (exact) mass is 566 g/mol. The fraction of sp³-hybridized carbons (Fsp3) is 0.400. The number of carbonyl (C=O) groups is 3. The topological polar surface area (TPSA) is 195 Å². The molecule has 0 aliphatic heterocycles. The van der Waals surface area contributed by atoms with Crippen LogP contribution in [0.15, 0.2) is 53.4 Å². The molecule has 6 N–H and O–H groups in total. The molecule has 1 amide bonds. The third-order valence-electron chi connectivity index (χ3n) is 5.55. The molecule has 2 atom stereocenters. The van der Waals surface area contributed by atoms with Crippen LogP contribution >= 0.6 is 0 Å². The number of nitrogens with two attached hydrogens (primary N) is 1. The van der Waals surface area contributed by atoms with Gasteiger partial charge in [0.1, 0.15) is 17.5 Å². The first-order valence-electron chi connectivity index (χ1n) is 12.1. The van der Waals surface area contributed by atoms with Gasteiger partial charge in [-0.2, -0.15) is 11.0 Å². The summed E-state index contributed by atoms with van der Waals surface area (Å²) in [6, 6.07) is 11.3. The highest BCUT2D eigenvalue weighted by Gasteiger charge is 2.32. The summed E-state index contributed by atoms with van der Waals surface area (Å²) in [5.74, 6) is -2.33. The highest BCUT2D eigenvalue weighted by Crippen LogP contribution is 2.19. The molecule has 0 aliphatic rings. The molecule has 0 spiro atoms. The fourth-order valence-corrected chi connectivity index (χ4v) is 4.42. The van der Waals surface area contributed by atoms with E-state index >= 15 is 0 Å². The number of nitrogens with one attached hydrogen (secondary N) is 3. The lowest BCUT2D eigenvalue weighted by atomic mass is 9.96. The van der Waals surface area contributed by atoms with E-state index in [0.29, 0.717) is 17.9 Å². The van der Waals surface area contributed by atoms with Crippen molar-refractivity contribution in [3.63, 3.8) is 0 Å². The van der Waals surface area contributed by atoms with E-state index in [9.17, 15) is 22.8 Å². The smallest absolute Gasteiger partial charge is 0.347 e. The third kappa shape index (κ3) is 10.3. The number of benzene rings is 2.